The summed E-state index contributed by atoms with van der Waals surface area (Å²) in [6, 6.07) is 0. The second-order valence-electron chi connectivity index (χ2n) is 6.44. The molecule has 104 valence electrons. The van der Waals surface area contributed by atoms with Gasteiger partial charge in [-0.1, -0.05) is 12.5 Å². The highest BCUT2D eigenvalue weighted by atomic mass is 16.6. The number of carbonyl (C=O) groups is 2. The average molecular weight is 264 g/mol. The van der Waals surface area contributed by atoms with Crippen LogP contribution in [0.5, 0.6) is 0 Å². The van der Waals surface area contributed by atoms with Crippen molar-refractivity contribution in [1.82, 2.24) is 0 Å². The molecule has 0 bridgehead atoms. The van der Waals surface area contributed by atoms with Crippen molar-refractivity contribution in [2.75, 3.05) is 0 Å². The SMILES string of the molecule is CC1=C2[C@@H]3OC(=O)[C@H](C)[C@@H]3[C@H](O)C[C@]2(C)C(=O)CC1. The lowest BCUT2D eigenvalue weighted by molar-refractivity contribution is -0.145. The van der Waals surface area contributed by atoms with Gasteiger partial charge in [-0.25, -0.2) is 0 Å². The molecule has 1 saturated heterocycles. The first-order valence-electron chi connectivity index (χ1n) is 6.98. The van der Waals surface area contributed by atoms with Crippen LogP contribution in [0.15, 0.2) is 11.1 Å². The normalized spacial score (nSPS) is 45.9. The van der Waals surface area contributed by atoms with Crippen molar-refractivity contribution in [3.8, 4) is 0 Å². The third-order valence-corrected chi connectivity index (χ3v) is 5.28. The first-order valence-corrected chi connectivity index (χ1v) is 6.98. The molecular formula is C15H20O4. The fourth-order valence-corrected chi connectivity index (χ4v) is 4.18. The van der Waals surface area contributed by atoms with Crippen LogP contribution in [0.1, 0.15) is 40.0 Å². The second-order valence-corrected chi connectivity index (χ2v) is 6.44. The van der Waals surface area contributed by atoms with E-state index in [4.69, 9.17) is 4.74 Å². The molecule has 0 amide bonds. The van der Waals surface area contributed by atoms with Gasteiger partial charge < -0.3 is 9.84 Å². The Labute approximate surface area is 112 Å². The van der Waals surface area contributed by atoms with Crippen LogP contribution in [0.3, 0.4) is 0 Å². The van der Waals surface area contributed by atoms with Gasteiger partial charge in [-0.05, 0) is 32.3 Å². The average Bonchev–Trinajstić information content (AvgIpc) is 2.61. The van der Waals surface area contributed by atoms with E-state index in [2.05, 4.69) is 0 Å². The summed E-state index contributed by atoms with van der Waals surface area (Å²) in [5, 5.41) is 10.4. The number of esters is 1. The molecule has 2 aliphatic carbocycles. The lowest BCUT2D eigenvalue weighted by Gasteiger charge is -2.46. The molecule has 3 aliphatic rings. The lowest BCUT2D eigenvalue weighted by Crippen LogP contribution is -2.51. The molecule has 1 heterocycles. The minimum absolute atomic E-state index is 0.168. The fourth-order valence-electron chi connectivity index (χ4n) is 4.18. The van der Waals surface area contributed by atoms with Crippen LogP contribution in [-0.2, 0) is 14.3 Å². The van der Waals surface area contributed by atoms with E-state index in [0.717, 1.165) is 17.6 Å². The zero-order chi connectivity index (χ0) is 13.9. The monoisotopic (exact) mass is 264 g/mol. The Balaban J connectivity index is 2.12. The summed E-state index contributed by atoms with van der Waals surface area (Å²) in [7, 11) is 0. The van der Waals surface area contributed by atoms with Gasteiger partial charge in [0.2, 0.25) is 0 Å². The van der Waals surface area contributed by atoms with Crippen LogP contribution in [0.25, 0.3) is 0 Å². The van der Waals surface area contributed by atoms with Gasteiger partial charge in [0.25, 0.3) is 0 Å². The van der Waals surface area contributed by atoms with Gasteiger partial charge in [0.1, 0.15) is 11.9 Å². The Hall–Kier alpha value is -1.16. The number of ether oxygens (including phenoxy) is 1. The van der Waals surface area contributed by atoms with Gasteiger partial charge in [0.05, 0.1) is 17.4 Å². The molecule has 0 spiro atoms. The number of hydrogen-bond donors (Lipinski definition) is 1. The van der Waals surface area contributed by atoms with E-state index < -0.39 is 17.6 Å². The summed E-state index contributed by atoms with van der Waals surface area (Å²) in [5.74, 6) is -0.573. The molecule has 1 N–H and O–H groups in total. The number of rotatable bonds is 0. The molecular weight excluding hydrogens is 244 g/mol. The van der Waals surface area contributed by atoms with Crippen LogP contribution < -0.4 is 0 Å². The highest BCUT2D eigenvalue weighted by Gasteiger charge is 2.59. The first-order chi connectivity index (χ1) is 8.86. The molecule has 4 nitrogen and oxygen atoms in total. The summed E-state index contributed by atoms with van der Waals surface area (Å²) in [6.45, 7) is 5.72. The summed E-state index contributed by atoms with van der Waals surface area (Å²) in [5.41, 5.74) is 1.48. The Morgan fingerprint density at radius 1 is 1.32 bits per heavy atom. The Bertz CT molecular complexity index is 492. The van der Waals surface area contributed by atoms with Gasteiger partial charge in [-0.15, -0.1) is 0 Å². The highest BCUT2D eigenvalue weighted by molar-refractivity contribution is 5.90. The quantitative estimate of drug-likeness (QED) is 0.533. The van der Waals surface area contributed by atoms with E-state index in [1.165, 1.54) is 0 Å². The topological polar surface area (TPSA) is 63.6 Å². The van der Waals surface area contributed by atoms with Crippen LogP contribution in [0.2, 0.25) is 0 Å². The molecule has 4 heteroatoms. The zero-order valence-electron chi connectivity index (χ0n) is 11.6. The van der Waals surface area contributed by atoms with E-state index in [0.29, 0.717) is 12.8 Å². The van der Waals surface area contributed by atoms with Crippen LogP contribution >= 0.6 is 0 Å². The fraction of sp³-hybridized carbons (Fsp3) is 0.733. The van der Waals surface area contributed by atoms with Crippen molar-refractivity contribution in [3.05, 3.63) is 11.1 Å². The van der Waals surface area contributed by atoms with E-state index in [-0.39, 0.29) is 23.6 Å². The highest BCUT2D eigenvalue weighted by Crippen LogP contribution is 2.54. The summed E-state index contributed by atoms with van der Waals surface area (Å²) in [4.78, 5) is 24.1. The van der Waals surface area contributed by atoms with Gasteiger partial charge in [-0.2, -0.15) is 0 Å². The Kier molecular flexibility index (Phi) is 2.65. The molecule has 0 unspecified atom stereocenters. The predicted octanol–water partition coefficient (Wildman–Crippen LogP) is 1.61. The van der Waals surface area contributed by atoms with Gasteiger partial charge in [-0.3, -0.25) is 9.59 Å². The van der Waals surface area contributed by atoms with Gasteiger partial charge in [0, 0.05) is 12.3 Å². The first kappa shape index (κ1) is 12.9. The van der Waals surface area contributed by atoms with Crippen LogP contribution in [0.4, 0.5) is 0 Å². The number of carbonyl (C=O) groups excluding carboxylic acids is 2. The molecule has 3 rings (SSSR count). The Morgan fingerprint density at radius 3 is 2.68 bits per heavy atom. The van der Waals surface area contributed by atoms with Crippen molar-refractivity contribution >= 4 is 11.8 Å². The predicted molar refractivity (Wildman–Crippen MR) is 68.2 cm³/mol. The van der Waals surface area contributed by atoms with Crippen molar-refractivity contribution < 1.29 is 19.4 Å². The number of aliphatic hydroxyl groups is 1. The minimum atomic E-state index is -0.646. The molecule has 0 aromatic rings. The van der Waals surface area contributed by atoms with E-state index in [9.17, 15) is 14.7 Å². The second kappa shape index (κ2) is 3.92. The maximum absolute atomic E-state index is 12.3. The summed E-state index contributed by atoms with van der Waals surface area (Å²) in [6.07, 6.45) is 0.644. The standard InChI is InChI=1S/C15H20O4/c1-7-4-5-10(17)15(3)6-9(16)11-8(2)14(18)19-13(11)12(7)15/h8-9,11,13,16H,4-6H2,1-3H3/t8-,9-,11-,13-,15-/m1/s1. The van der Waals surface area contributed by atoms with Crippen molar-refractivity contribution in [1.29, 1.82) is 0 Å². The third kappa shape index (κ3) is 1.55. The van der Waals surface area contributed by atoms with E-state index in [1.807, 2.05) is 13.8 Å². The number of aliphatic hydroxyl groups excluding tert-OH is 1. The van der Waals surface area contributed by atoms with Crippen molar-refractivity contribution in [2.45, 2.75) is 52.2 Å². The number of allylic oxidation sites excluding steroid dienone is 1. The smallest absolute Gasteiger partial charge is 0.309 e. The molecule has 0 aromatic heterocycles. The van der Waals surface area contributed by atoms with Gasteiger partial charge in [0.15, 0.2) is 0 Å². The van der Waals surface area contributed by atoms with E-state index >= 15 is 0 Å². The summed E-state index contributed by atoms with van der Waals surface area (Å²) >= 11 is 0. The van der Waals surface area contributed by atoms with Crippen LogP contribution in [-0.4, -0.2) is 29.1 Å². The molecule has 2 fully saturated rings. The maximum atomic E-state index is 12.3. The maximum Gasteiger partial charge on any atom is 0.309 e. The third-order valence-electron chi connectivity index (χ3n) is 5.28. The number of hydrogen-bond acceptors (Lipinski definition) is 4. The van der Waals surface area contributed by atoms with Gasteiger partial charge >= 0.3 is 5.97 Å². The van der Waals surface area contributed by atoms with Crippen molar-refractivity contribution in [3.63, 3.8) is 0 Å². The molecule has 19 heavy (non-hydrogen) atoms. The molecule has 1 aliphatic heterocycles. The summed E-state index contributed by atoms with van der Waals surface area (Å²) < 4.78 is 5.49. The Morgan fingerprint density at radius 2 is 2.00 bits per heavy atom. The zero-order valence-corrected chi connectivity index (χ0v) is 11.6. The lowest BCUT2D eigenvalue weighted by atomic mass is 9.58. The molecule has 0 aromatic carbocycles. The molecule has 5 atom stereocenters. The van der Waals surface area contributed by atoms with E-state index in [1.54, 1.807) is 6.92 Å². The minimum Gasteiger partial charge on any atom is -0.457 e. The number of fused-ring (bicyclic) bond motifs is 3. The molecule has 1 saturated carbocycles. The largest absolute Gasteiger partial charge is 0.457 e. The molecule has 0 radical (unpaired) electrons. The number of Topliss-reactive ketones (excluding diaryl/α,β-unsaturated/α-hetero) is 1. The number of ketones is 1. The van der Waals surface area contributed by atoms with Crippen LogP contribution in [0, 0.1) is 17.3 Å². The van der Waals surface area contributed by atoms with Crippen molar-refractivity contribution in [2.24, 2.45) is 17.3 Å².